The standard InChI is InChI=1S/C10H16/c1-10(2)8-6-4-3-5-7-9-10/h3-4,7,9H,5-6,8H2,1-2H3. The van der Waals surface area contributed by atoms with Crippen molar-refractivity contribution >= 4 is 0 Å². The third-order valence-electron chi connectivity index (χ3n) is 1.96. The van der Waals surface area contributed by atoms with E-state index < -0.39 is 0 Å². The summed E-state index contributed by atoms with van der Waals surface area (Å²) in [6, 6.07) is 0. The van der Waals surface area contributed by atoms with Crippen LogP contribution in [0.25, 0.3) is 0 Å². The minimum atomic E-state index is 0.421. The summed E-state index contributed by atoms with van der Waals surface area (Å²) in [7, 11) is 0. The van der Waals surface area contributed by atoms with Gasteiger partial charge in [-0.25, -0.2) is 0 Å². The van der Waals surface area contributed by atoms with Crippen LogP contribution in [0.5, 0.6) is 0 Å². The largest absolute Gasteiger partial charge is 0.0882 e. The third-order valence-corrected chi connectivity index (χ3v) is 1.96. The van der Waals surface area contributed by atoms with Crippen molar-refractivity contribution in [2.45, 2.75) is 33.1 Å². The van der Waals surface area contributed by atoms with Crippen molar-refractivity contribution in [3.05, 3.63) is 24.3 Å². The summed E-state index contributed by atoms with van der Waals surface area (Å²) >= 11 is 0. The zero-order chi connectivity index (χ0) is 7.45. The minimum absolute atomic E-state index is 0.421. The van der Waals surface area contributed by atoms with Gasteiger partial charge in [0.05, 0.1) is 0 Å². The molecule has 0 N–H and O–H groups in total. The van der Waals surface area contributed by atoms with Gasteiger partial charge in [-0.1, -0.05) is 38.2 Å². The zero-order valence-electron chi connectivity index (χ0n) is 6.93. The Morgan fingerprint density at radius 2 is 1.90 bits per heavy atom. The van der Waals surface area contributed by atoms with Crippen molar-refractivity contribution in [1.29, 1.82) is 0 Å². The van der Waals surface area contributed by atoms with Gasteiger partial charge < -0.3 is 0 Å². The highest BCUT2D eigenvalue weighted by Gasteiger charge is 2.12. The highest BCUT2D eigenvalue weighted by atomic mass is 14.2. The van der Waals surface area contributed by atoms with Gasteiger partial charge in [-0.05, 0) is 24.7 Å². The molecule has 0 aromatic rings. The molecule has 0 aromatic heterocycles. The lowest BCUT2D eigenvalue weighted by Gasteiger charge is -2.19. The molecule has 0 aliphatic heterocycles. The number of hydrogen-bond donors (Lipinski definition) is 0. The predicted molar refractivity (Wildman–Crippen MR) is 45.9 cm³/mol. The SMILES string of the molecule is CC1(C)C=CCC=CCC1. The van der Waals surface area contributed by atoms with Crippen molar-refractivity contribution < 1.29 is 0 Å². The normalized spacial score (nSPS) is 23.8. The van der Waals surface area contributed by atoms with E-state index in [1.807, 2.05) is 0 Å². The van der Waals surface area contributed by atoms with Gasteiger partial charge in [0.2, 0.25) is 0 Å². The summed E-state index contributed by atoms with van der Waals surface area (Å²) in [6.45, 7) is 4.59. The Labute approximate surface area is 63.6 Å². The summed E-state index contributed by atoms with van der Waals surface area (Å²) in [5, 5.41) is 0. The molecule has 1 aliphatic carbocycles. The lowest BCUT2D eigenvalue weighted by atomic mass is 9.86. The molecular weight excluding hydrogens is 120 g/mol. The monoisotopic (exact) mass is 136 g/mol. The fraction of sp³-hybridized carbons (Fsp3) is 0.600. The molecule has 0 heterocycles. The molecule has 10 heavy (non-hydrogen) atoms. The van der Waals surface area contributed by atoms with Crippen molar-refractivity contribution in [1.82, 2.24) is 0 Å². The summed E-state index contributed by atoms with van der Waals surface area (Å²) in [6.07, 6.45) is 12.7. The Morgan fingerprint density at radius 1 is 1.10 bits per heavy atom. The van der Waals surface area contributed by atoms with Crippen LogP contribution in [0.2, 0.25) is 0 Å². The van der Waals surface area contributed by atoms with Crippen LogP contribution >= 0.6 is 0 Å². The maximum absolute atomic E-state index is 2.33. The van der Waals surface area contributed by atoms with Gasteiger partial charge in [0.1, 0.15) is 0 Å². The molecule has 0 heteroatoms. The van der Waals surface area contributed by atoms with E-state index in [2.05, 4.69) is 38.2 Å². The van der Waals surface area contributed by atoms with Crippen molar-refractivity contribution in [2.75, 3.05) is 0 Å². The van der Waals surface area contributed by atoms with Crippen molar-refractivity contribution in [3.63, 3.8) is 0 Å². The number of rotatable bonds is 0. The fourth-order valence-electron chi connectivity index (χ4n) is 1.22. The Morgan fingerprint density at radius 3 is 2.70 bits per heavy atom. The highest BCUT2D eigenvalue weighted by molar-refractivity contribution is 5.02. The molecule has 1 rings (SSSR count). The molecule has 0 fully saturated rings. The summed E-state index contributed by atoms with van der Waals surface area (Å²) in [5.41, 5.74) is 0.421. The van der Waals surface area contributed by atoms with Gasteiger partial charge >= 0.3 is 0 Å². The first-order valence-corrected chi connectivity index (χ1v) is 4.03. The van der Waals surface area contributed by atoms with E-state index in [4.69, 9.17) is 0 Å². The van der Waals surface area contributed by atoms with Crippen LogP contribution < -0.4 is 0 Å². The Kier molecular flexibility index (Phi) is 2.31. The van der Waals surface area contributed by atoms with Gasteiger partial charge in [0.15, 0.2) is 0 Å². The molecule has 0 spiro atoms. The van der Waals surface area contributed by atoms with E-state index in [9.17, 15) is 0 Å². The van der Waals surface area contributed by atoms with E-state index in [0.29, 0.717) is 5.41 Å². The topological polar surface area (TPSA) is 0 Å². The minimum Gasteiger partial charge on any atom is -0.0882 e. The average Bonchev–Trinajstić information content (AvgIpc) is 1.81. The Balaban J connectivity index is 2.57. The molecule has 0 atom stereocenters. The molecule has 0 amide bonds. The maximum atomic E-state index is 2.33. The first-order valence-electron chi connectivity index (χ1n) is 4.03. The van der Waals surface area contributed by atoms with Gasteiger partial charge in [-0.3, -0.25) is 0 Å². The molecule has 0 radical (unpaired) electrons. The second kappa shape index (κ2) is 3.05. The van der Waals surface area contributed by atoms with Crippen molar-refractivity contribution in [3.8, 4) is 0 Å². The van der Waals surface area contributed by atoms with Gasteiger partial charge in [0.25, 0.3) is 0 Å². The Bertz CT molecular complexity index is 149. The molecule has 1 aliphatic rings. The molecule has 0 saturated carbocycles. The second-order valence-electron chi connectivity index (χ2n) is 3.64. The smallest absolute Gasteiger partial charge is 0.0169 e. The summed E-state index contributed by atoms with van der Waals surface area (Å²) in [4.78, 5) is 0. The molecular formula is C10H16. The van der Waals surface area contributed by atoms with Crippen LogP contribution in [0.15, 0.2) is 24.3 Å². The predicted octanol–water partition coefficient (Wildman–Crippen LogP) is 3.31. The van der Waals surface area contributed by atoms with Crippen LogP contribution in [0.1, 0.15) is 33.1 Å². The van der Waals surface area contributed by atoms with Crippen LogP contribution in [-0.2, 0) is 0 Å². The molecule has 0 aromatic carbocycles. The van der Waals surface area contributed by atoms with Gasteiger partial charge in [-0.2, -0.15) is 0 Å². The van der Waals surface area contributed by atoms with E-state index >= 15 is 0 Å². The molecule has 0 bridgehead atoms. The summed E-state index contributed by atoms with van der Waals surface area (Å²) < 4.78 is 0. The molecule has 0 saturated heterocycles. The van der Waals surface area contributed by atoms with Crippen LogP contribution in [0.3, 0.4) is 0 Å². The average molecular weight is 136 g/mol. The fourth-order valence-corrected chi connectivity index (χ4v) is 1.22. The van der Waals surface area contributed by atoms with Gasteiger partial charge in [-0.15, -0.1) is 0 Å². The summed E-state index contributed by atoms with van der Waals surface area (Å²) in [5.74, 6) is 0. The van der Waals surface area contributed by atoms with Crippen LogP contribution in [0, 0.1) is 5.41 Å². The molecule has 0 nitrogen and oxygen atoms in total. The van der Waals surface area contributed by atoms with E-state index in [0.717, 1.165) is 6.42 Å². The maximum Gasteiger partial charge on any atom is -0.0169 e. The number of hydrogen-bond acceptors (Lipinski definition) is 0. The second-order valence-corrected chi connectivity index (χ2v) is 3.64. The van der Waals surface area contributed by atoms with Crippen LogP contribution in [0.4, 0.5) is 0 Å². The molecule has 0 unspecified atom stereocenters. The lowest BCUT2D eigenvalue weighted by molar-refractivity contribution is 0.440. The lowest BCUT2D eigenvalue weighted by Crippen LogP contribution is -2.06. The molecule has 56 valence electrons. The van der Waals surface area contributed by atoms with E-state index in [1.165, 1.54) is 12.8 Å². The highest BCUT2D eigenvalue weighted by Crippen LogP contribution is 2.25. The first kappa shape index (κ1) is 7.59. The third kappa shape index (κ3) is 2.38. The first-order chi connectivity index (χ1) is 4.71. The van der Waals surface area contributed by atoms with E-state index in [1.54, 1.807) is 0 Å². The van der Waals surface area contributed by atoms with Crippen LogP contribution in [-0.4, -0.2) is 0 Å². The quantitative estimate of drug-likeness (QED) is 0.448. The number of allylic oxidation sites excluding steroid dienone is 4. The zero-order valence-corrected chi connectivity index (χ0v) is 6.93. The van der Waals surface area contributed by atoms with Crippen molar-refractivity contribution in [2.24, 2.45) is 5.41 Å². The van der Waals surface area contributed by atoms with Gasteiger partial charge in [0, 0.05) is 0 Å². The van der Waals surface area contributed by atoms with E-state index in [-0.39, 0.29) is 0 Å². The Hall–Kier alpha value is -0.520.